The highest BCUT2D eigenvalue weighted by molar-refractivity contribution is 5.91. The summed E-state index contributed by atoms with van der Waals surface area (Å²) in [7, 11) is 1.88. The lowest BCUT2D eigenvalue weighted by Crippen LogP contribution is -2.37. The van der Waals surface area contributed by atoms with Crippen LogP contribution in [-0.2, 0) is 31.2 Å². The van der Waals surface area contributed by atoms with Crippen LogP contribution in [0.4, 0.5) is 0 Å². The molecule has 0 saturated heterocycles. The third kappa shape index (κ3) is 3.34. The minimum absolute atomic E-state index is 0.170. The predicted molar refractivity (Wildman–Crippen MR) is 95.3 cm³/mol. The molecule has 1 N–H and O–H groups in total. The molecule has 1 fully saturated rings. The van der Waals surface area contributed by atoms with Crippen LogP contribution in [0.2, 0.25) is 0 Å². The van der Waals surface area contributed by atoms with Crippen LogP contribution in [-0.4, -0.2) is 44.3 Å². The minimum atomic E-state index is -0.170. The van der Waals surface area contributed by atoms with Crippen LogP contribution in [0.3, 0.4) is 0 Å². The van der Waals surface area contributed by atoms with Gasteiger partial charge in [0, 0.05) is 50.6 Å². The highest BCUT2D eigenvalue weighted by atomic mass is 16.2. The van der Waals surface area contributed by atoms with E-state index in [-0.39, 0.29) is 17.7 Å². The second-order valence-electron chi connectivity index (χ2n) is 7.03. The molecule has 2 aliphatic rings. The normalized spacial score (nSPS) is 16.3. The van der Waals surface area contributed by atoms with Gasteiger partial charge in [0.25, 0.3) is 5.91 Å². The highest BCUT2D eigenvalue weighted by Gasteiger charge is 2.36. The molecule has 7 nitrogen and oxygen atoms in total. The third-order valence-electron chi connectivity index (χ3n) is 5.15. The average Bonchev–Trinajstić information content (AvgIpc) is 3.46. The van der Waals surface area contributed by atoms with E-state index in [1.807, 2.05) is 28.6 Å². The number of fused-ring (bicyclic) bond motifs is 1. The molecule has 1 aliphatic heterocycles. The van der Waals surface area contributed by atoms with Crippen molar-refractivity contribution in [2.45, 2.75) is 32.2 Å². The number of carbonyl (C=O) groups is 2. The zero-order valence-electron chi connectivity index (χ0n) is 14.9. The molecule has 136 valence electrons. The fraction of sp³-hybridized carbons (Fsp3) is 0.474. The zero-order valence-corrected chi connectivity index (χ0v) is 14.9. The molecule has 4 rings (SSSR count). The van der Waals surface area contributed by atoms with Crippen molar-refractivity contribution in [2.75, 3.05) is 13.1 Å². The summed E-state index contributed by atoms with van der Waals surface area (Å²) in [5.74, 6) is 0.711. The number of aromatic nitrogens is 3. The first kappa shape index (κ1) is 16.8. The van der Waals surface area contributed by atoms with Crippen LogP contribution in [0.1, 0.15) is 40.4 Å². The molecule has 0 aromatic carbocycles. The third-order valence-corrected chi connectivity index (χ3v) is 5.15. The van der Waals surface area contributed by atoms with E-state index in [2.05, 4.69) is 15.3 Å². The lowest BCUT2D eigenvalue weighted by Gasteiger charge is -2.26. The Balaban J connectivity index is 1.39. The van der Waals surface area contributed by atoms with Crippen molar-refractivity contribution >= 4 is 11.8 Å². The SMILES string of the molecule is Cn1c(C(=O)NCCc2ccncc2)nc2c1CCN(C(=O)C1CC1)C2. The van der Waals surface area contributed by atoms with Gasteiger partial charge in [0.2, 0.25) is 5.91 Å². The number of imidazole rings is 1. The summed E-state index contributed by atoms with van der Waals surface area (Å²) >= 11 is 0. The van der Waals surface area contributed by atoms with Crippen LogP contribution < -0.4 is 5.32 Å². The summed E-state index contributed by atoms with van der Waals surface area (Å²) in [4.78, 5) is 35.2. The maximum absolute atomic E-state index is 12.5. The fourth-order valence-corrected chi connectivity index (χ4v) is 3.46. The molecule has 0 bridgehead atoms. The molecule has 0 spiro atoms. The molecule has 0 radical (unpaired) electrons. The number of nitrogens with one attached hydrogen (secondary N) is 1. The molecule has 1 saturated carbocycles. The summed E-state index contributed by atoms with van der Waals surface area (Å²) in [6.07, 6.45) is 7.02. The Hall–Kier alpha value is -2.70. The largest absolute Gasteiger partial charge is 0.349 e. The van der Waals surface area contributed by atoms with E-state index in [0.29, 0.717) is 25.5 Å². The number of pyridine rings is 1. The summed E-state index contributed by atoms with van der Waals surface area (Å²) in [5, 5.41) is 2.94. The van der Waals surface area contributed by atoms with E-state index in [9.17, 15) is 9.59 Å². The maximum atomic E-state index is 12.5. The van der Waals surface area contributed by atoms with E-state index in [1.54, 1.807) is 12.4 Å². The van der Waals surface area contributed by atoms with Crippen molar-refractivity contribution in [1.82, 2.24) is 24.8 Å². The summed E-state index contributed by atoms with van der Waals surface area (Å²) in [6, 6.07) is 3.88. The molecular weight excluding hydrogens is 330 g/mol. The Morgan fingerprint density at radius 3 is 2.77 bits per heavy atom. The lowest BCUT2D eigenvalue weighted by atomic mass is 10.1. The first-order chi connectivity index (χ1) is 12.6. The quantitative estimate of drug-likeness (QED) is 0.872. The number of rotatable bonds is 5. The topological polar surface area (TPSA) is 80.1 Å². The van der Waals surface area contributed by atoms with Crippen molar-refractivity contribution < 1.29 is 9.59 Å². The second kappa shape index (κ2) is 6.90. The Morgan fingerprint density at radius 2 is 2.04 bits per heavy atom. The van der Waals surface area contributed by atoms with E-state index in [1.165, 1.54) is 0 Å². The monoisotopic (exact) mass is 353 g/mol. The van der Waals surface area contributed by atoms with Crippen molar-refractivity contribution in [1.29, 1.82) is 0 Å². The van der Waals surface area contributed by atoms with Gasteiger partial charge < -0.3 is 14.8 Å². The summed E-state index contributed by atoms with van der Waals surface area (Å²) in [6.45, 7) is 1.78. The first-order valence-electron chi connectivity index (χ1n) is 9.14. The molecule has 0 unspecified atom stereocenters. The van der Waals surface area contributed by atoms with Crippen LogP contribution in [0.15, 0.2) is 24.5 Å². The number of nitrogens with zero attached hydrogens (tertiary/aromatic N) is 4. The predicted octanol–water partition coefficient (Wildman–Crippen LogP) is 1.08. The van der Waals surface area contributed by atoms with Gasteiger partial charge in [-0.15, -0.1) is 0 Å². The van der Waals surface area contributed by atoms with E-state index >= 15 is 0 Å². The van der Waals surface area contributed by atoms with E-state index in [4.69, 9.17) is 0 Å². The van der Waals surface area contributed by atoms with Gasteiger partial charge in [-0.25, -0.2) is 4.98 Å². The standard InChI is InChI=1S/C19H23N5O2/c1-23-16-7-11-24(19(26)14-2-3-14)12-15(16)22-17(23)18(25)21-10-6-13-4-8-20-9-5-13/h4-5,8-9,14H,2-3,6-7,10-12H2,1H3,(H,21,25). The Kier molecular flexibility index (Phi) is 4.44. The molecule has 1 aliphatic carbocycles. The second-order valence-corrected chi connectivity index (χ2v) is 7.03. The number of hydrogen-bond acceptors (Lipinski definition) is 4. The Morgan fingerprint density at radius 1 is 1.27 bits per heavy atom. The van der Waals surface area contributed by atoms with Gasteiger partial charge in [0.15, 0.2) is 5.82 Å². The molecule has 2 aromatic heterocycles. The van der Waals surface area contributed by atoms with Gasteiger partial charge in [0.1, 0.15) is 0 Å². The summed E-state index contributed by atoms with van der Waals surface area (Å²) in [5.41, 5.74) is 3.05. The minimum Gasteiger partial charge on any atom is -0.349 e. The van der Waals surface area contributed by atoms with Crippen LogP contribution in [0, 0.1) is 5.92 Å². The molecule has 3 heterocycles. The summed E-state index contributed by atoms with van der Waals surface area (Å²) < 4.78 is 1.87. The van der Waals surface area contributed by atoms with E-state index < -0.39 is 0 Å². The van der Waals surface area contributed by atoms with Gasteiger partial charge in [-0.1, -0.05) is 0 Å². The van der Waals surface area contributed by atoms with Gasteiger partial charge in [0.05, 0.1) is 12.2 Å². The molecule has 7 heteroatoms. The molecule has 2 amide bonds. The van der Waals surface area contributed by atoms with Gasteiger partial charge >= 0.3 is 0 Å². The lowest BCUT2D eigenvalue weighted by molar-refractivity contribution is -0.133. The molecular formula is C19H23N5O2. The highest BCUT2D eigenvalue weighted by Crippen LogP contribution is 2.32. The average molecular weight is 353 g/mol. The molecule has 0 atom stereocenters. The van der Waals surface area contributed by atoms with Crippen LogP contribution >= 0.6 is 0 Å². The fourth-order valence-electron chi connectivity index (χ4n) is 3.46. The van der Waals surface area contributed by atoms with Crippen molar-refractivity contribution in [2.24, 2.45) is 13.0 Å². The van der Waals surface area contributed by atoms with Crippen molar-refractivity contribution in [3.8, 4) is 0 Å². The number of amides is 2. The maximum Gasteiger partial charge on any atom is 0.287 e. The van der Waals surface area contributed by atoms with Gasteiger partial charge in [-0.3, -0.25) is 14.6 Å². The Labute approximate surface area is 152 Å². The number of carbonyl (C=O) groups excluding carboxylic acids is 2. The van der Waals surface area contributed by atoms with Crippen molar-refractivity contribution in [3.63, 3.8) is 0 Å². The number of hydrogen-bond donors (Lipinski definition) is 1. The zero-order chi connectivity index (χ0) is 18.1. The Bertz CT molecular complexity index is 826. The first-order valence-corrected chi connectivity index (χ1v) is 9.14. The molecule has 2 aromatic rings. The van der Waals surface area contributed by atoms with Crippen molar-refractivity contribution in [3.05, 3.63) is 47.3 Å². The van der Waals surface area contributed by atoms with Crippen LogP contribution in [0.5, 0.6) is 0 Å². The van der Waals surface area contributed by atoms with Crippen LogP contribution in [0.25, 0.3) is 0 Å². The molecule has 26 heavy (non-hydrogen) atoms. The van der Waals surface area contributed by atoms with E-state index in [0.717, 1.165) is 42.6 Å². The smallest absolute Gasteiger partial charge is 0.287 e. The van der Waals surface area contributed by atoms with Gasteiger partial charge in [-0.05, 0) is 37.0 Å². The van der Waals surface area contributed by atoms with Gasteiger partial charge in [-0.2, -0.15) is 0 Å².